The molecular formula is C13H25N3O3S2. The van der Waals surface area contributed by atoms with Crippen LogP contribution in [0.1, 0.15) is 33.6 Å². The first-order chi connectivity index (χ1) is 9.88. The topological polar surface area (TPSA) is 94.3 Å². The van der Waals surface area contributed by atoms with Gasteiger partial charge in [-0.15, -0.1) is 0 Å². The molecule has 1 rings (SSSR count). The smallest absolute Gasteiger partial charge is 0.185 e. The molecule has 21 heavy (non-hydrogen) atoms. The highest BCUT2D eigenvalue weighted by molar-refractivity contribution is 7.91. The second-order valence-corrected chi connectivity index (χ2v) is 8.09. The second kappa shape index (κ2) is 8.55. The largest absolute Gasteiger partial charge is 0.382 e. The summed E-state index contributed by atoms with van der Waals surface area (Å²) in [5.74, 6) is 0.775. The number of ether oxygens (including phenoxy) is 1. The zero-order valence-electron chi connectivity index (χ0n) is 12.9. The van der Waals surface area contributed by atoms with E-state index in [9.17, 15) is 8.42 Å². The SMILES string of the molecule is CCCS(=O)(=O)c1c(N)nsc1NCCOCCC(C)C. The van der Waals surface area contributed by atoms with Gasteiger partial charge in [0.2, 0.25) is 0 Å². The Morgan fingerprint density at radius 1 is 1.38 bits per heavy atom. The van der Waals surface area contributed by atoms with Gasteiger partial charge in [0, 0.05) is 13.2 Å². The van der Waals surface area contributed by atoms with E-state index in [-0.39, 0.29) is 16.5 Å². The Balaban J connectivity index is 2.53. The first kappa shape index (κ1) is 18.2. The van der Waals surface area contributed by atoms with Gasteiger partial charge < -0.3 is 15.8 Å². The number of nitrogens with zero attached hydrogens (tertiary/aromatic N) is 1. The van der Waals surface area contributed by atoms with E-state index < -0.39 is 9.84 Å². The number of nitrogen functional groups attached to an aromatic ring is 1. The Labute approximate surface area is 131 Å². The summed E-state index contributed by atoms with van der Waals surface area (Å²) in [5, 5.41) is 3.57. The van der Waals surface area contributed by atoms with Crippen LogP contribution in [0.4, 0.5) is 10.8 Å². The molecule has 0 radical (unpaired) electrons. The van der Waals surface area contributed by atoms with Gasteiger partial charge in [0.05, 0.1) is 12.4 Å². The number of nitrogens with two attached hydrogens (primary N) is 1. The summed E-state index contributed by atoms with van der Waals surface area (Å²) in [5.41, 5.74) is 5.69. The highest BCUT2D eigenvalue weighted by Gasteiger charge is 2.24. The maximum Gasteiger partial charge on any atom is 0.185 e. The fourth-order valence-corrected chi connectivity index (χ4v) is 4.38. The fraction of sp³-hybridized carbons (Fsp3) is 0.769. The van der Waals surface area contributed by atoms with E-state index in [1.165, 1.54) is 0 Å². The van der Waals surface area contributed by atoms with Crippen molar-refractivity contribution in [1.29, 1.82) is 0 Å². The van der Waals surface area contributed by atoms with Gasteiger partial charge in [-0.05, 0) is 30.3 Å². The summed E-state index contributed by atoms with van der Waals surface area (Å²) in [4.78, 5) is 0.136. The van der Waals surface area contributed by atoms with Gasteiger partial charge in [-0.3, -0.25) is 0 Å². The minimum Gasteiger partial charge on any atom is -0.382 e. The summed E-state index contributed by atoms with van der Waals surface area (Å²) >= 11 is 1.08. The van der Waals surface area contributed by atoms with E-state index in [0.717, 1.165) is 18.0 Å². The molecular weight excluding hydrogens is 310 g/mol. The molecule has 122 valence electrons. The fourth-order valence-electron chi connectivity index (χ4n) is 1.74. The molecule has 1 aromatic rings. The lowest BCUT2D eigenvalue weighted by Gasteiger charge is -2.09. The van der Waals surface area contributed by atoms with Crippen molar-refractivity contribution in [2.24, 2.45) is 5.92 Å². The molecule has 0 saturated heterocycles. The Bertz CT molecular complexity index is 527. The van der Waals surface area contributed by atoms with E-state index >= 15 is 0 Å². The van der Waals surface area contributed by atoms with Crippen LogP contribution in [0.2, 0.25) is 0 Å². The van der Waals surface area contributed by atoms with Crippen LogP contribution in [-0.2, 0) is 14.6 Å². The number of sulfone groups is 1. The van der Waals surface area contributed by atoms with E-state index in [4.69, 9.17) is 10.5 Å². The van der Waals surface area contributed by atoms with E-state index in [2.05, 4.69) is 23.5 Å². The lowest BCUT2D eigenvalue weighted by Crippen LogP contribution is -2.14. The molecule has 3 N–H and O–H groups in total. The molecule has 0 bridgehead atoms. The molecule has 6 nitrogen and oxygen atoms in total. The summed E-state index contributed by atoms with van der Waals surface area (Å²) in [6.45, 7) is 7.89. The van der Waals surface area contributed by atoms with Gasteiger partial charge in [0.15, 0.2) is 15.7 Å². The Kier molecular flexibility index (Phi) is 7.41. The maximum atomic E-state index is 12.2. The summed E-state index contributed by atoms with van der Waals surface area (Å²) in [7, 11) is -3.37. The lowest BCUT2D eigenvalue weighted by molar-refractivity contribution is 0.133. The first-order valence-corrected chi connectivity index (χ1v) is 9.60. The van der Waals surface area contributed by atoms with Crippen molar-refractivity contribution in [3.63, 3.8) is 0 Å². The zero-order chi connectivity index (χ0) is 15.9. The van der Waals surface area contributed by atoms with Crippen molar-refractivity contribution in [2.75, 3.05) is 36.6 Å². The molecule has 0 fully saturated rings. The average Bonchev–Trinajstić information content (AvgIpc) is 2.75. The highest BCUT2D eigenvalue weighted by Crippen LogP contribution is 2.32. The molecule has 0 aliphatic heterocycles. The predicted molar refractivity (Wildman–Crippen MR) is 87.6 cm³/mol. The van der Waals surface area contributed by atoms with Crippen molar-refractivity contribution >= 4 is 32.2 Å². The van der Waals surface area contributed by atoms with E-state index in [0.29, 0.717) is 37.1 Å². The number of nitrogens with one attached hydrogen (secondary N) is 1. The number of hydrogen-bond donors (Lipinski definition) is 2. The molecule has 0 unspecified atom stereocenters. The third kappa shape index (κ3) is 5.80. The van der Waals surface area contributed by atoms with Gasteiger partial charge in [-0.25, -0.2) is 8.42 Å². The molecule has 0 atom stereocenters. The second-order valence-electron chi connectivity index (χ2n) is 5.27. The van der Waals surface area contributed by atoms with Crippen molar-refractivity contribution in [3.8, 4) is 0 Å². The van der Waals surface area contributed by atoms with Crippen molar-refractivity contribution in [1.82, 2.24) is 4.37 Å². The lowest BCUT2D eigenvalue weighted by atomic mass is 10.1. The molecule has 0 saturated carbocycles. The highest BCUT2D eigenvalue weighted by atomic mass is 32.2. The Morgan fingerprint density at radius 3 is 2.71 bits per heavy atom. The number of rotatable bonds is 10. The molecule has 0 aromatic carbocycles. The zero-order valence-corrected chi connectivity index (χ0v) is 14.5. The third-order valence-corrected chi connectivity index (χ3v) is 5.76. The van der Waals surface area contributed by atoms with Crippen LogP contribution in [0.25, 0.3) is 0 Å². The molecule has 1 heterocycles. The number of hydrogen-bond acceptors (Lipinski definition) is 7. The summed E-state index contributed by atoms with van der Waals surface area (Å²) in [6, 6.07) is 0. The van der Waals surface area contributed by atoms with Crippen LogP contribution < -0.4 is 11.1 Å². The third-order valence-electron chi connectivity index (χ3n) is 2.83. The van der Waals surface area contributed by atoms with E-state index in [1.54, 1.807) is 0 Å². The minimum atomic E-state index is -3.37. The minimum absolute atomic E-state index is 0.0786. The van der Waals surface area contributed by atoms with Crippen molar-refractivity contribution in [2.45, 2.75) is 38.5 Å². The van der Waals surface area contributed by atoms with Crippen LogP contribution in [-0.4, -0.2) is 38.3 Å². The monoisotopic (exact) mass is 335 g/mol. The summed E-state index contributed by atoms with van der Waals surface area (Å²) in [6.07, 6.45) is 1.57. The van der Waals surface area contributed by atoms with Gasteiger partial charge in [0.25, 0.3) is 0 Å². The summed E-state index contributed by atoms with van der Waals surface area (Å²) < 4.78 is 33.7. The first-order valence-electron chi connectivity index (χ1n) is 7.18. The van der Waals surface area contributed by atoms with Crippen molar-refractivity contribution < 1.29 is 13.2 Å². The molecule has 0 aliphatic carbocycles. The Morgan fingerprint density at radius 2 is 2.10 bits per heavy atom. The predicted octanol–water partition coefficient (Wildman–Crippen LogP) is 2.38. The van der Waals surface area contributed by atoms with Crippen molar-refractivity contribution in [3.05, 3.63) is 0 Å². The standard InChI is InChI=1S/C13H25N3O3S2/c1-4-9-21(17,18)11-12(14)16-20-13(11)15-6-8-19-7-5-10(2)3/h10,15H,4-9H2,1-3H3,(H2,14,16). The van der Waals surface area contributed by atoms with Crippen LogP contribution >= 0.6 is 11.5 Å². The van der Waals surface area contributed by atoms with Gasteiger partial charge in [-0.2, -0.15) is 4.37 Å². The van der Waals surface area contributed by atoms with Gasteiger partial charge in [0.1, 0.15) is 9.90 Å². The quantitative estimate of drug-likeness (QED) is 0.638. The number of aromatic nitrogens is 1. The molecule has 0 aliphatic rings. The van der Waals surface area contributed by atoms with Crippen LogP contribution in [0.15, 0.2) is 4.90 Å². The Hall–Kier alpha value is -0.860. The normalized spacial score (nSPS) is 12.0. The van der Waals surface area contributed by atoms with Crippen LogP contribution in [0.3, 0.4) is 0 Å². The van der Waals surface area contributed by atoms with E-state index in [1.807, 2.05) is 6.92 Å². The molecule has 0 amide bonds. The average molecular weight is 335 g/mol. The molecule has 8 heteroatoms. The van der Waals surface area contributed by atoms with Crippen LogP contribution in [0.5, 0.6) is 0 Å². The number of anilines is 2. The molecule has 1 aromatic heterocycles. The maximum absolute atomic E-state index is 12.2. The molecule has 0 spiro atoms. The van der Waals surface area contributed by atoms with Gasteiger partial charge in [-0.1, -0.05) is 20.8 Å². The van der Waals surface area contributed by atoms with Crippen LogP contribution in [0, 0.1) is 5.92 Å². The van der Waals surface area contributed by atoms with Gasteiger partial charge >= 0.3 is 0 Å².